The van der Waals surface area contributed by atoms with E-state index in [9.17, 15) is 0 Å². The lowest BCUT2D eigenvalue weighted by Gasteiger charge is -2.42. The minimum absolute atomic E-state index is 0.0174. The average molecular weight is 295 g/mol. The van der Waals surface area contributed by atoms with E-state index in [0.717, 1.165) is 56.4 Å². The summed E-state index contributed by atoms with van der Waals surface area (Å²) < 4.78 is 11.5. The predicted octanol–water partition coefficient (Wildman–Crippen LogP) is 2.19. The number of hydrogen-bond acceptors (Lipinski definition) is 6. The molecule has 1 atom stereocenters. The Morgan fingerprint density at radius 3 is 2.85 bits per heavy atom. The lowest BCUT2D eigenvalue weighted by Crippen LogP contribution is -2.45. The molecule has 20 heavy (non-hydrogen) atoms. The number of nitrogen functional groups attached to an aromatic ring is 1. The summed E-state index contributed by atoms with van der Waals surface area (Å²) in [4.78, 5) is 8.79. The summed E-state index contributed by atoms with van der Waals surface area (Å²) >= 11 is 1.74. The number of ether oxygens (including phenoxy) is 2. The van der Waals surface area contributed by atoms with E-state index in [4.69, 9.17) is 15.2 Å². The van der Waals surface area contributed by atoms with Crippen molar-refractivity contribution in [2.45, 2.75) is 48.6 Å². The van der Waals surface area contributed by atoms with Crippen LogP contribution in [-0.4, -0.2) is 40.6 Å². The van der Waals surface area contributed by atoms with E-state index in [1.807, 2.05) is 6.92 Å². The van der Waals surface area contributed by atoms with Gasteiger partial charge in [-0.1, -0.05) is 11.8 Å². The highest BCUT2D eigenvalue weighted by molar-refractivity contribution is 7.99. The second-order valence-corrected chi connectivity index (χ2v) is 6.86. The van der Waals surface area contributed by atoms with Gasteiger partial charge in [-0.25, -0.2) is 9.97 Å². The van der Waals surface area contributed by atoms with Gasteiger partial charge in [-0.15, -0.1) is 0 Å². The van der Waals surface area contributed by atoms with Gasteiger partial charge in [0.15, 0.2) is 5.16 Å². The smallest absolute Gasteiger partial charge is 0.189 e. The second kappa shape index (κ2) is 5.87. The molecule has 2 N–H and O–H groups in total. The van der Waals surface area contributed by atoms with E-state index < -0.39 is 0 Å². The molecule has 110 valence electrons. The highest BCUT2D eigenvalue weighted by Gasteiger charge is 2.39. The van der Waals surface area contributed by atoms with E-state index in [-0.39, 0.29) is 5.60 Å². The van der Waals surface area contributed by atoms with Crippen molar-refractivity contribution in [3.63, 3.8) is 0 Å². The molecule has 6 heteroatoms. The first-order chi connectivity index (χ1) is 9.65. The van der Waals surface area contributed by atoms with Crippen LogP contribution in [0.15, 0.2) is 11.2 Å². The van der Waals surface area contributed by atoms with E-state index in [1.165, 1.54) is 0 Å². The fourth-order valence-corrected chi connectivity index (χ4v) is 4.20. The minimum Gasteiger partial charge on any atom is -0.384 e. The highest BCUT2D eigenvalue weighted by atomic mass is 32.2. The fraction of sp³-hybridized carbons (Fsp3) is 0.714. The normalized spacial score (nSPS) is 25.8. The first kappa shape index (κ1) is 14.1. The van der Waals surface area contributed by atoms with Gasteiger partial charge < -0.3 is 15.2 Å². The topological polar surface area (TPSA) is 70.3 Å². The molecule has 1 unspecified atom stereocenters. The molecule has 5 nitrogen and oxygen atoms in total. The van der Waals surface area contributed by atoms with Gasteiger partial charge in [0.1, 0.15) is 5.82 Å². The molecule has 3 rings (SSSR count). The van der Waals surface area contributed by atoms with Crippen LogP contribution in [0.3, 0.4) is 0 Å². The van der Waals surface area contributed by atoms with Crippen molar-refractivity contribution in [2.24, 2.45) is 0 Å². The maximum absolute atomic E-state index is 6.06. The maximum atomic E-state index is 6.06. The maximum Gasteiger partial charge on any atom is 0.189 e. The van der Waals surface area contributed by atoms with Crippen LogP contribution in [0.25, 0.3) is 0 Å². The molecule has 2 aliphatic heterocycles. The predicted molar refractivity (Wildman–Crippen MR) is 78.8 cm³/mol. The zero-order chi connectivity index (χ0) is 14.0. The molecule has 1 aromatic rings. The SMILES string of the molecule is Cc1cc(N)nc(SC2CCOC3(CCOCC3)C2)n1. The Kier molecular flexibility index (Phi) is 4.14. The van der Waals surface area contributed by atoms with Crippen molar-refractivity contribution >= 4 is 17.6 Å². The molecule has 2 aliphatic rings. The van der Waals surface area contributed by atoms with Gasteiger partial charge in [0.25, 0.3) is 0 Å². The first-order valence-electron chi connectivity index (χ1n) is 7.15. The van der Waals surface area contributed by atoms with Crippen molar-refractivity contribution in [1.82, 2.24) is 9.97 Å². The molecule has 1 aromatic heterocycles. The average Bonchev–Trinajstić information content (AvgIpc) is 2.38. The van der Waals surface area contributed by atoms with Crippen molar-refractivity contribution in [3.05, 3.63) is 11.8 Å². The van der Waals surface area contributed by atoms with Crippen LogP contribution in [0.2, 0.25) is 0 Å². The summed E-state index contributed by atoms with van der Waals surface area (Å²) in [6, 6.07) is 1.80. The lowest BCUT2D eigenvalue weighted by molar-refractivity contribution is -0.131. The van der Waals surface area contributed by atoms with E-state index in [0.29, 0.717) is 11.1 Å². The lowest BCUT2D eigenvalue weighted by atomic mass is 9.86. The van der Waals surface area contributed by atoms with Gasteiger partial charge in [0.05, 0.1) is 5.60 Å². The minimum atomic E-state index is 0.0174. The molecule has 2 fully saturated rings. The van der Waals surface area contributed by atoms with Gasteiger partial charge in [-0.05, 0) is 32.6 Å². The molecule has 0 amide bonds. The standard InChI is InChI=1S/C14H21N3O2S/c1-10-8-12(15)17-13(16-10)20-11-2-5-19-14(9-11)3-6-18-7-4-14/h8,11H,2-7,9H2,1H3,(H2,15,16,17). The fourth-order valence-electron chi connectivity index (χ4n) is 2.94. The first-order valence-corrected chi connectivity index (χ1v) is 8.03. The summed E-state index contributed by atoms with van der Waals surface area (Å²) in [6.07, 6.45) is 4.10. The number of nitrogens with zero attached hydrogens (tertiary/aromatic N) is 2. The molecule has 0 bridgehead atoms. The third-order valence-corrected chi connectivity index (χ3v) is 5.11. The number of aryl methyl sites for hydroxylation is 1. The van der Waals surface area contributed by atoms with Crippen molar-refractivity contribution in [1.29, 1.82) is 0 Å². The van der Waals surface area contributed by atoms with Crippen molar-refractivity contribution in [2.75, 3.05) is 25.6 Å². The Labute approximate surface area is 123 Å². The number of rotatable bonds is 2. The summed E-state index contributed by atoms with van der Waals surface area (Å²) in [5, 5.41) is 1.29. The number of hydrogen-bond donors (Lipinski definition) is 1. The second-order valence-electron chi connectivity index (χ2n) is 5.59. The third kappa shape index (κ3) is 3.24. The Morgan fingerprint density at radius 1 is 1.30 bits per heavy atom. The van der Waals surface area contributed by atoms with E-state index in [1.54, 1.807) is 17.8 Å². The Balaban J connectivity index is 1.67. The summed E-state index contributed by atoms with van der Waals surface area (Å²) in [5.41, 5.74) is 6.74. The molecule has 1 spiro atoms. The molecule has 2 saturated heterocycles. The van der Waals surface area contributed by atoms with Gasteiger partial charge in [-0.2, -0.15) is 0 Å². The van der Waals surface area contributed by atoms with Gasteiger partial charge in [0.2, 0.25) is 0 Å². The monoisotopic (exact) mass is 295 g/mol. The third-order valence-electron chi connectivity index (χ3n) is 3.98. The Morgan fingerprint density at radius 2 is 2.10 bits per heavy atom. The summed E-state index contributed by atoms with van der Waals surface area (Å²) in [7, 11) is 0. The van der Waals surface area contributed by atoms with Crippen LogP contribution < -0.4 is 5.73 Å². The molecule has 3 heterocycles. The van der Waals surface area contributed by atoms with Crippen LogP contribution >= 0.6 is 11.8 Å². The van der Waals surface area contributed by atoms with E-state index in [2.05, 4.69) is 9.97 Å². The summed E-state index contributed by atoms with van der Waals surface area (Å²) in [6.45, 7) is 4.39. The van der Waals surface area contributed by atoms with Crippen LogP contribution in [0, 0.1) is 6.92 Å². The zero-order valence-electron chi connectivity index (χ0n) is 11.8. The Bertz CT molecular complexity index is 452. The van der Waals surface area contributed by atoms with Crippen molar-refractivity contribution in [3.8, 4) is 0 Å². The van der Waals surface area contributed by atoms with Gasteiger partial charge in [0, 0.05) is 36.8 Å². The molecule has 0 radical (unpaired) electrons. The number of nitrogens with two attached hydrogens (primary N) is 1. The number of thioether (sulfide) groups is 1. The number of aromatic nitrogens is 2. The van der Waals surface area contributed by atoms with E-state index >= 15 is 0 Å². The van der Waals surface area contributed by atoms with Crippen LogP contribution in [0.4, 0.5) is 5.82 Å². The zero-order valence-corrected chi connectivity index (χ0v) is 12.6. The van der Waals surface area contributed by atoms with Gasteiger partial charge >= 0.3 is 0 Å². The quantitative estimate of drug-likeness (QED) is 0.843. The van der Waals surface area contributed by atoms with Crippen LogP contribution in [0.1, 0.15) is 31.4 Å². The molecule has 0 saturated carbocycles. The Hall–Kier alpha value is -0.850. The van der Waals surface area contributed by atoms with Crippen LogP contribution in [-0.2, 0) is 9.47 Å². The largest absolute Gasteiger partial charge is 0.384 e. The molecular formula is C14H21N3O2S. The molecule has 0 aromatic carbocycles. The van der Waals surface area contributed by atoms with Crippen molar-refractivity contribution < 1.29 is 9.47 Å². The molecular weight excluding hydrogens is 274 g/mol. The highest BCUT2D eigenvalue weighted by Crippen LogP contribution is 2.40. The number of anilines is 1. The summed E-state index contributed by atoms with van der Waals surface area (Å²) in [5.74, 6) is 0.549. The van der Waals surface area contributed by atoms with Gasteiger partial charge in [-0.3, -0.25) is 0 Å². The van der Waals surface area contributed by atoms with Crippen LogP contribution in [0.5, 0.6) is 0 Å². The molecule has 0 aliphatic carbocycles.